The van der Waals surface area contributed by atoms with Crippen LogP contribution in [0.2, 0.25) is 0 Å². The molecule has 0 saturated carbocycles. The fourth-order valence-electron chi connectivity index (χ4n) is 2.76. The van der Waals surface area contributed by atoms with Crippen molar-refractivity contribution in [1.82, 2.24) is 4.98 Å². The number of pyridine rings is 1. The molecule has 0 aliphatic carbocycles. The van der Waals surface area contributed by atoms with Gasteiger partial charge in [-0.1, -0.05) is 12.1 Å². The van der Waals surface area contributed by atoms with Crippen LogP contribution in [0.5, 0.6) is 5.75 Å². The van der Waals surface area contributed by atoms with E-state index >= 15 is 0 Å². The molecule has 0 radical (unpaired) electrons. The third kappa shape index (κ3) is 5.19. The number of hydrogen-bond acceptors (Lipinski definition) is 4. The van der Waals surface area contributed by atoms with Crippen molar-refractivity contribution in [2.24, 2.45) is 0 Å². The lowest BCUT2D eigenvalue weighted by molar-refractivity contribution is 0.102. The van der Waals surface area contributed by atoms with Crippen molar-refractivity contribution < 1.29 is 14.3 Å². The Kier molecular flexibility index (Phi) is 6.24. The van der Waals surface area contributed by atoms with E-state index in [9.17, 15) is 9.59 Å². The Hall–Kier alpha value is -3.67. The average Bonchev–Trinajstić information content (AvgIpc) is 2.72. The molecular formula is C23H23N3O3. The standard InChI is InChI=1S/C23H23N3O3/c1-4-29-19-9-7-18(8-10-19)25-23(28)21-14-17(11-12-24-21)22(27)26-20-13-15(2)5-6-16(20)3/h5-14H,4H2,1-3H3,(H,25,28)(H,26,27). The number of aromatic nitrogens is 1. The molecule has 0 bridgehead atoms. The van der Waals surface area contributed by atoms with Crippen LogP contribution in [0.15, 0.2) is 60.8 Å². The maximum Gasteiger partial charge on any atom is 0.274 e. The average molecular weight is 389 g/mol. The molecule has 6 heteroatoms. The van der Waals surface area contributed by atoms with E-state index in [4.69, 9.17) is 4.74 Å². The minimum Gasteiger partial charge on any atom is -0.494 e. The number of amides is 2. The van der Waals surface area contributed by atoms with Crippen molar-refractivity contribution in [2.45, 2.75) is 20.8 Å². The fourth-order valence-corrected chi connectivity index (χ4v) is 2.76. The lowest BCUT2D eigenvalue weighted by Gasteiger charge is -2.10. The molecule has 0 saturated heterocycles. The number of ether oxygens (including phenoxy) is 1. The van der Waals surface area contributed by atoms with Crippen LogP contribution in [0, 0.1) is 13.8 Å². The number of rotatable bonds is 6. The summed E-state index contributed by atoms with van der Waals surface area (Å²) in [4.78, 5) is 29.2. The molecule has 29 heavy (non-hydrogen) atoms. The van der Waals surface area contributed by atoms with E-state index in [-0.39, 0.29) is 11.6 Å². The van der Waals surface area contributed by atoms with Gasteiger partial charge in [-0.15, -0.1) is 0 Å². The van der Waals surface area contributed by atoms with Crippen molar-refractivity contribution in [3.63, 3.8) is 0 Å². The third-order valence-electron chi connectivity index (χ3n) is 4.32. The molecule has 1 aromatic heterocycles. The number of aryl methyl sites for hydroxylation is 2. The first kappa shape index (κ1) is 20.1. The molecule has 6 nitrogen and oxygen atoms in total. The SMILES string of the molecule is CCOc1ccc(NC(=O)c2cc(C(=O)Nc3cc(C)ccc3C)ccn2)cc1. The summed E-state index contributed by atoms with van der Waals surface area (Å²) < 4.78 is 5.39. The number of carbonyl (C=O) groups excluding carboxylic acids is 2. The molecule has 2 N–H and O–H groups in total. The predicted molar refractivity (Wildman–Crippen MR) is 114 cm³/mol. The number of anilines is 2. The zero-order valence-corrected chi connectivity index (χ0v) is 16.7. The van der Waals surface area contributed by atoms with E-state index in [0.717, 1.165) is 22.6 Å². The smallest absolute Gasteiger partial charge is 0.274 e. The molecular weight excluding hydrogens is 366 g/mol. The lowest BCUT2D eigenvalue weighted by Crippen LogP contribution is -2.17. The van der Waals surface area contributed by atoms with E-state index < -0.39 is 5.91 Å². The van der Waals surface area contributed by atoms with Crippen molar-refractivity contribution in [1.29, 1.82) is 0 Å². The Morgan fingerprint density at radius 1 is 0.931 bits per heavy atom. The summed E-state index contributed by atoms with van der Waals surface area (Å²) >= 11 is 0. The number of benzene rings is 2. The quantitative estimate of drug-likeness (QED) is 0.646. The van der Waals surface area contributed by atoms with Gasteiger partial charge >= 0.3 is 0 Å². The van der Waals surface area contributed by atoms with Crippen molar-refractivity contribution in [3.8, 4) is 5.75 Å². The summed E-state index contributed by atoms with van der Waals surface area (Å²) in [5.41, 5.74) is 3.89. The topological polar surface area (TPSA) is 80.3 Å². The summed E-state index contributed by atoms with van der Waals surface area (Å²) in [5, 5.41) is 5.66. The Balaban J connectivity index is 1.71. The van der Waals surface area contributed by atoms with E-state index in [1.165, 1.54) is 12.3 Å². The maximum absolute atomic E-state index is 12.6. The predicted octanol–water partition coefficient (Wildman–Crippen LogP) is 4.60. The normalized spacial score (nSPS) is 10.3. The summed E-state index contributed by atoms with van der Waals surface area (Å²) in [7, 11) is 0. The highest BCUT2D eigenvalue weighted by atomic mass is 16.5. The van der Waals surface area contributed by atoms with Gasteiger partial charge in [0.15, 0.2) is 0 Å². The molecule has 3 aromatic rings. The van der Waals surface area contributed by atoms with Gasteiger partial charge in [-0.2, -0.15) is 0 Å². The van der Waals surface area contributed by atoms with Crippen LogP contribution >= 0.6 is 0 Å². The van der Waals surface area contributed by atoms with Crippen LogP contribution in [0.4, 0.5) is 11.4 Å². The van der Waals surface area contributed by atoms with Gasteiger partial charge in [0, 0.05) is 23.1 Å². The summed E-state index contributed by atoms with van der Waals surface area (Å²) in [6.07, 6.45) is 1.45. The Bertz CT molecular complexity index is 1030. The first-order valence-corrected chi connectivity index (χ1v) is 9.35. The largest absolute Gasteiger partial charge is 0.494 e. The molecule has 1 heterocycles. The van der Waals surface area contributed by atoms with Crippen molar-refractivity contribution >= 4 is 23.2 Å². The monoisotopic (exact) mass is 389 g/mol. The molecule has 0 aliphatic heterocycles. The minimum atomic E-state index is -0.393. The molecule has 0 aliphatic rings. The van der Waals surface area contributed by atoms with Crippen LogP contribution in [-0.2, 0) is 0 Å². The van der Waals surface area contributed by atoms with E-state index in [0.29, 0.717) is 17.9 Å². The molecule has 0 unspecified atom stereocenters. The summed E-state index contributed by atoms with van der Waals surface area (Å²) in [5.74, 6) is 0.0421. The molecule has 148 valence electrons. The first-order chi connectivity index (χ1) is 14.0. The van der Waals surface area contributed by atoms with Gasteiger partial charge in [0.1, 0.15) is 11.4 Å². The molecule has 3 rings (SSSR count). The zero-order valence-electron chi connectivity index (χ0n) is 16.7. The Labute approximate surface area is 169 Å². The number of nitrogens with one attached hydrogen (secondary N) is 2. The highest BCUT2D eigenvalue weighted by molar-refractivity contribution is 6.08. The van der Waals surface area contributed by atoms with Crippen LogP contribution in [0.1, 0.15) is 38.9 Å². The molecule has 2 amide bonds. The second-order valence-corrected chi connectivity index (χ2v) is 6.61. The molecule has 2 aromatic carbocycles. The molecule has 0 spiro atoms. The van der Waals surface area contributed by atoms with Gasteiger partial charge in [-0.05, 0) is 74.4 Å². The number of nitrogens with zero attached hydrogens (tertiary/aromatic N) is 1. The van der Waals surface area contributed by atoms with Crippen LogP contribution in [-0.4, -0.2) is 23.4 Å². The van der Waals surface area contributed by atoms with E-state index in [2.05, 4.69) is 15.6 Å². The first-order valence-electron chi connectivity index (χ1n) is 9.35. The maximum atomic E-state index is 12.6. The Morgan fingerprint density at radius 3 is 2.41 bits per heavy atom. The van der Waals surface area contributed by atoms with Gasteiger partial charge in [0.2, 0.25) is 0 Å². The van der Waals surface area contributed by atoms with Gasteiger partial charge in [-0.25, -0.2) is 0 Å². The summed E-state index contributed by atoms with van der Waals surface area (Å²) in [6, 6.07) is 16.0. The van der Waals surface area contributed by atoms with Crippen LogP contribution in [0.25, 0.3) is 0 Å². The van der Waals surface area contributed by atoms with E-state index in [1.54, 1.807) is 30.3 Å². The second kappa shape index (κ2) is 9.01. The van der Waals surface area contributed by atoms with Gasteiger partial charge in [0.25, 0.3) is 11.8 Å². The highest BCUT2D eigenvalue weighted by Gasteiger charge is 2.13. The van der Waals surface area contributed by atoms with Gasteiger partial charge in [-0.3, -0.25) is 14.6 Å². The minimum absolute atomic E-state index is 0.160. The van der Waals surface area contributed by atoms with Gasteiger partial charge in [0.05, 0.1) is 6.61 Å². The third-order valence-corrected chi connectivity index (χ3v) is 4.32. The number of carbonyl (C=O) groups is 2. The highest BCUT2D eigenvalue weighted by Crippen LogP contribution is 2.18. The molecule has 0 atom stereocenters. The fraction of sp³-hybridized carbons (Fsp3) is 0.174. The van der Waals surface area contributed by atoms with Crippen LogP contribution in [0.3, 0.4) is 0 Å². The lowest BCUT2D eigenvalue weighted by atomic mass is 10.1. The van der Waals surface area contributed by atoms with Crippen molar-refractivity contribution in [2.75, 3.05) is 17.2 Å². The zero-order chi connectivity index (χ0) is 20.8. The second-order valence-electron chi connectivity index (χ2n) is 6.61. The van der Waals surface area contributed by atoms with E-state index in [1.807, 2.05) is 39.0 Å². The van der Waals surface area contributed by atoms with Crippen molar-refractivity contribution in [3.05, 3.63) is 83.2 Å². The molecule has 0 fully saturated rings. The summed E-state index contributed by atoms with van der Waals surface area (Å²) in [6.45, 7) is 6.37. The van der Waals surface area contributed by atoms with Crippen LogP contribution < -0.4 is 15.4 Å². The number of hydrogen-bond donors (Lipinski definition) is 2. The van der Waals surface area contributed by atoms with Gasteiger partial charge < -0.3 is 15.4 Å². The Morgan fingerprint density at radius 2 is 1.69 bits per heavy atom.